The Morgan fingerprint density at radius 3 is 2.81 bits per heavy atom. The molecule has 0 N–H and O–H groups in total. The van der Waals surface area contributed by atoms with Crippen LogP contribution in [-0.4, -0.2) is 17.3 Å². The van der Waals surface area contributed by atoms with E-state index < -0.39 is 4.92 Å². The average molecular weight is 219 g/mol. The van der Waals surface area contributed by atoms with Gasteiger partial charge in [0.2, 0.25) is 5.75 Å². The summed E-state index contributed by atoms with van der Waals surface area (Å²) in [6, 6.07) is 1.88. The molecule has 82 valence electrons. The van der Waals surface area contributed by atoms with Gasteiger partial charge in [0, 0.05) is 18.4 Å². The summed E-state index contributed by atoms with van der Waals surface area (Å²) in [5.41, 5.74) is 1.82. The summed E-state index contributed by atoms with van der Waals surface area (Å²) >= 11 is 0. The lowest BCUT2D eigenvalue weighted by molar-refractivity contribution is -0.386. The van der Waals surface area contributed by atoms with E-state index in [1.807, 2.05) is 6.07 Å². The van der Waals surface area contributed by atoms with Gasteiger partial charge in [-0.2, -0.15) is 0 Å². The molecule has 2 aliphatic rings. The molecule has 0 unspecified atom stereocenters. The molecule has 16 heavy (non-hydrogen) atoms. The fourth-order valence-electron chi connectivity index (χ4n) is 2.43. The Morgan fingerprint density at radius 1 is 1.25 bits per heavy atom. The van der Waals surface area contributed by atoms with Crippen LogP contribution in [0.25, 0.3) is 0 Å². The predicted molar refractivity (Wildman–Crippen MR) is 54.9 cm³/mol. The third-order valence-electron chi connectivity index (χ3n) is 3.11. The van der Waals surface area contributed by atoms with E-state index in [9.17, 15) is 14.9 Å². The number of nitro benzene ring substituents is 1. The van der Waals surface area contributed by atoms with Crippen LogP contribution < -0.4 is 4.74 Å². The molecule has 5 heteroatoms. The third-order valence-corrected chi connectivity index (χ3v) is 3.11. The van der Waals surface area contributed by atoms with Crippen molar-refractivity contribution >= 4 is 11.5 Å². The molecule has 1 aliphatic carbocycles. The SMILES string of the molecule is O=C1CCc2cc3c(c([N+](=O)[O-])c21)OCC3. The summed E-state index contributed by atoms with van der Waals surface area (Å²) in [7, 11) is 0. The number of benzene rings is 1. The number of ketones is 1. The van der Waals surface area contributed by atoms with Gasteiger partial charge in [-0.05, 0) is 12.0 Å². The number of hydrogen-bond donors (Lipinski definition) is 0. The van der Waals surface area contributed by atoms with Crippen molar-refractivity contribution < 1.29 is 14.5 Å². The molecule has 0 spiro atoms. The molecule has 0 radical (unpaired) electrons. The normalized spacial score (nSPS) is 16.9. The van der Waals surface area contributed by atoms with E-state index >= 15 is 0 Å². The molecule has 1 aromatic carbocycles. The van der Waals surface area contributed by atoms with Crippen LogP contribution in [0.15, 0.2) is 6.07 Å². The van der Waals surface area contributed by atoms with Crippen LogP contribution in [-0.2, 0) is 12.8 Å². The Kier molecular flexibility index (Phi) is 1.77. The quantitative estimate of drug-likeness (QED) is 0.532. The van der Waals surface area contributed by atoms with E-state index in [-0.39, 0.29) is 17.0 Å². The molecule has 1 heterocycles. The second-order valence-corrected chi connectivity index (χ2v) is 4.03. The fraction of sp³-hybridized carbons (Fsp3) is 0.364. The lowest BCUT2D eigenvalue weighted by Crippen LogP contribution is -2.02. The van der Waals surface area contributed by atoms with Gasteiger partial charge in [-0.15, -0.1) is 0 Å². The van der Waals surface area contributed by atoms with Crippen LogP contribution in [0, 0.1) is 10.1 Å². The van der Waals surface area contributed by atoms with Gasteiger partial charge in [-0.25, -0.2) is 0 Å². The maximum atomic E-state index is 11.6. The molecule has 5 nitrogen and oxygen atoms in total. The molecule has 0 fully saturated rings. The first-order valence-corrected chi connectivity index (χ1v) is 5.17. The molecule has 0 bridgehead atoms. The van der Waals surface area contributed by atoms with Crippen LogP contribution in [0.3, 0.4) is 0 Å². The monoisotopic (exact) mass is 219 g/mol. The van der Waals surface area contributed by atoms with Crippen molar-refractivity contribution in [1.29, 1.82) is 0 Å². The first-order valence-electron chi connectivity index (χ1n) is 5.17. The minimum Gasteiger partial charge on any atom is -0.486 e. The second kappa shape index (κ2) is 3.04. The van der Waals surface area contributed by atoms with Gasteiger partial charge in [0.05, 0.1) is 11.5 Å². The number of aryl methyl sites for hydroxylation is 1. The van der Waals surface area contributed by atoms with E-state index in [4.69, 9.17) is 4.74 Å². The van der Waals surface area contributed by atoms with E-state index in [0.717, 1.165) is 11.1 Å². The lowest BCUT2D eigenvalue weighted by Gasteiger charge is -2.05. The van der Waals surface area contributed by atoms with Gasteiger partial charge in [-0.1, -0.05) is 6.07 Å². The Balaban J connectivity index is 2.35. The lowest BCUT2D eigenvalue weighted by atomic mass is 10.0. The highest BCUT2D eigenvalue weighted by Crippen LogP contribution is 2.43. The van der Waals surface area contributed by atoms with Crippen LogP contribution in [0.1, 0.15) is 27.9 Å². The van der Waals surface area contributed by atoms with Gasteiger partial charge < -0.3 is 4.74 Å². The van der Waals surface area contributed by atoms with Crippen molar-refractivity contribution in [2.24, 2.45) is 0 Å². The number of nitrogens with zero attached hydrogens (tertiary/aromatic N) is 1. The summed E-state index contributed by atoms with van der Waals surface area (Å²) in [6.45, 7) is 0.466. The molecule has 0 saturated carbocycles. The van der Waals surface area contributed by atoms with Gasteiger partial charge in [-0.3, -0.25) is 14.9 Å². The van der Waals surface area contributed by atoms with Crippen molar-refractivity contribution in [3.05, 3.63) is 32.9 Å². The highest BCUT2D eigenvalue weighted by molar-refractivity contribution is 6.05. The number of fused-ring (bicyclic) bond motifs is 2. The maximum Gasteiger partial charge on any atom is 0.322 e. The number of ether oxygens (including phenoxy) is 1. The van der Waals surface area contributed by atoms with Crippen molar-refractivity contribution in [3.8, 4) is 5.75 Å². The minimum atomic E-state index is -0.494. The van der Waals surface area contributed by atoms with Crippen molar-refractivity contribution in [1.82, 2.24) is 0 Å². The number of carbonyl (C=O) groups is 1. The number of nitro groups is 1. The molecular weight excluding hydrogens is 210 g/mol. The van der Waals surface area contributed by atoms with Crippen LogP contribution in [0.2, 0.25) is 0 Å². The minimum absolute atomic E-state index is 0.118. The van der Waals surface area contributed by atoms with Crippen molar-refractivity contribution in [3.63, 3.8) is 0 Å². The molecular formula is C11H9NO4. The molecule has 0 aromatic heterocycles. The van der Waals surface area contributed by atoms with Gasteiger partial charge in [0.25, 0.3) is 0 Å². The van der Waals surface area contributed by atoms with E-state index in [0.29, 0.717) is 31.6 Å². The number of rotatable bonds is 1. The zero-order valence-corrected chi connectivity index (χ0v) is 8.49. The van der Waals surface area contributed by atoms with Crippen LogP contribution >= 0.6 is 0 Å². The smallest absolute Gasteiger partial charge is 0.322 e. The van der Waals surface area contributed by atoms with Crippen molar-refractivity contribution in [2.75, 3.05) is 6.61 Å². The Bertz CT molecular complexity index is 521. The number of hydrogen-bond acceptors (Lipinski definition) is 4. The van der Waals surface area contributed by atoms with E-state index in [2.05, 4.69) is 0 Å². The molecule has 3 rings (SSSR count). The summed E-state index contributed by atoms with van der Waals surface area (Å²) in [5.74, 6) is 0.166. The largest absolute Gasteiger partial charge is 0.486 e. The average Bonchev–Trinajstić information content (AvgIpc) is 2.82. The Labute approximate surface area is 91.2 Å². The first kappa shape index (κ1) is 9.33. The van der Waals surface area contributed by atoms with E-state index in [1.54, 1.807) is 0 Å². The fourth-order valence-corrected chi connectivity index (χ4v) is 2.43. The summed E-state index contributed by atoms with van der Waals surface area (Å²) in [6.07, 6.45) is 1.68. The van der Waals surface area contributed by atoms with Crippen LogP contribution in [0.5, 0.6) is 5.75 Å². The molecule has 0 amide bonds. The summed E-state index contributed by atoms with van der Waals surface area (Å²) in [4.78, 5) is 22.2. The predicted octanol–water partition coefficient (Wildman–Crippen LogP) is 1.66. The Hall–Kier alpha value is -1.91. The summed E-state index contributed by atoms with van der Waals surface area (Å²) in [5, 5.41) is 11.0. The standard InChI is InChI=1S/C11H9NO4/c13-8-2-1-6-5-7-3-4-16-11(7)10(9(6)8)12(14)15/h5H,1-4H2. The van der Waals surface area contributed by atoms with Gasteiger partial charge >= 0.3 is 5.69 Å². The summed E-state index contributed by atoms with van der Waals surface area (Å²) < 4.78 is 5.27. The molecule has 0 atom stereocenters. The number of Topliss-reactive ketones (excluding diaryl/α,β-unsaturated/α-hetero) is 1. The zero-order valence-electron chi connectivity index (χ0n) is 8.49. The first-order chi connectivity index (χ1) is 7.68. The Morgan fingerprint density at radius 2 is 2.06 bits per heavy atom. The highest BCUT2D eigenvalue weighted by atomic mass is 16.6. The molecule has 1 aromatic rings. The molecule has 1 aliphatic heterocycles. The second-order valence-electron chi connectivity index (χ2n) is 4.03. The van der Waals surface area contributed by atoms with Gasteiger partial charge in [0.15, 0.2) is 5.78 Å². The molecule has 0 saturated heterocycles. The van der Waals surface area contributed by atoms with Crippen LogP contribution in [0.4, 0.5) is 5.69 Å². The highest BCUT2D eigenvalue weighted by Gasteiger charge is 2.36. The van der Waals surface area contributed by atoms with E-state index in [1.165, 1.54) is 0 Å². The zero-order chi connectivity index (χ0) is 11.3. The third kappa shape index (κ3) is 1.08. The van der Waals surface area contributed by atoms with Crippen molar-refractivity contribution in [2.45, 2.75) is 19.3 Å². The number of carbonyl (C=O) groups excluding carboxylic acids is 1. The topological polar surface area (TPSA) is 69.4 Å². The maximum absolute atomic E-state index is 11.6. The van der Waals surface area contributed by atoms with Gasteiger partial charge in [0.1, 0.15) is 5.56 Å².